The lowest BCUT2D eigenvalue weighted by Gasteiger charge is -2.47. The maximum Gasteiger partial charge on any atom is 0.251 e. The number of anilines is 1. The Morgan fingerprint density at radius 3 is 2.66 bits per heavy atom. The first-order chi connectivity index (χ1) is 15.5. The summed E-state index contributed by atoms with van der Waals surface area (Å²) in [7, 11) is 0. The van der Waals surface area contributed by atoms with Gasteiger partial charge in [0.15, 0.2) is 5.78 Å². The molecule has 1 aliphatic carbocycles. The van der Waals surface area contributed by atoms with Crippen molar-refractivity contribution in [3.63, 3.8) is 0 Å². The van der Waals surface area contributed by atoms with Gasteiger partial charge in [-0.15, -0.1) is 0 Å². The summed E-state index contributed by atoms with van der Waals surface area (Å²) in [5, 5.41) is 3.17. The van der Waals surface area contributed by atoms with Gasteiger partial charge < -0.3 is 14.8 Å². The number of nitrogens with one attached hydrogen (secondary N) is 1. The zero-order valence-electron chi connectivity index (χ0n) is 18.5. The first-order valence-electron chi connectivity index (χ1n) is 11.7. The number of carbonyl (C=O) groups is 2. The van der Waals surface area contributed by atoms with Crippen LogP contribution in [0.3, 0.4) is 0 Å². The fraction of sp³-hybridized carbons (Fsp3) is 0.520. The van der Waals surface area contributed by atoms with E-state index in [9.17, 15) is 14.4 Å². The highest BCUT2D eigenvalue weighted by Gasteiger charge is 2.41. The molecule has 1 N–H and O–H groups in total. The van der Waals surface area contributed by atoms with Crippen molar-refractivity contribution in [2.24, 2.45) is 11.8 Å². The number of rotatable bonds is 5. The third kappa shape index (κ3) is 3.85. The lowest BCUT2D eigenvalue weighted by molar-refractivity contribution is -0.125. The summed E-state index contributed by atoms with van der Waals surface area (Å²) in [5.41, 5.74) is 1.66. The third-order valence-corrected chi connectivity index (χ3v) is 7.49. The molecule has 0 radical (unpaired) electrons. The molecule has 3 aliphatic rings. The van der Waals surface area contributed by atoms with Gasteiger partial charge in [0.2, 0.25) is 5.91 Å². The van der Waals surface area contributed by atoms with Crippen molar-refractivity contribution in [1.29, 1.82) is 0 Å². The van der Waals surface area contributed by atoms with E-state index in [2.05, 4.69) is 15.2 Å². The molecule has 32 heavy (non-hydrogen) atoms. The Morgan fingerprint density at radius 1 is 1.12 bits per heavy atom. The molecule has 0 aromatic carbocycles. The summed E-state index contributed by atoms with van der Waals surface area (Å²) in [6.45, 7) is 3.58. The van der Waals surface area contributed by atoms with E-state index in [-0.39, 0.29) is 41.0 Å². The smallest absolute Gasteiger partial charge is 0.251 e. The number of pyridine rings is 2. The normalized spacial score (nSPS) is 24.8. The number of nitrogens with zero attached hydrogens (tertiary/aromatic N) is 3. The molecule has 0 unspecified atom stereocenters. The van der Waals surface area contributed by atoms with Crippen LogP contribution in [-0.2, 0) is 4.79 Å². The second kappa shape index (κ2) is 8.52. The van der Waals surface area contributed by atoms with Crippen LogP contribution < -0.4 is 15.8 Å². The molecule has 2 bridgehead atoms. The first kappa shape index (κ1) is 20.9. The Labute approximate surface area is 187 Å². The second-order valence-corrected chi connectivity index (χ2v) is 9.51. The molecule has 2 aliphatic heterocycles. The molecule has 2 aromatic heterocycles. The number of fused-ring (bicyclic) bond motifs is 4. The SMILES string of the molecule is CC(=O)c1ccc(N2C[C@H]3C[C@@H](C2)[C@H](CNC(=O)C2CCCC2)n2c3cccc2=O)nc1. The van der Waals surface area contributed by atoms with Crippen molar-refractivity contribution >= 4 is 17.5 Å². The van der Waals surface area contributed by atoms with E-state index in [1.807, 2.05) is 28.8 Å². The Hall–Kier alpha value is -2.96. The van der Waals surface area contributed by atoms with Gasteiger partial charge in [0.25, 0.3) is 5.56 Å². The average Bonchev–Trinajstić information content (AvgIpc) is 3.34. The monoisotopic (exact) mass is 434 g/mol. The molecule has 4 heterocycles. The van der Waals surface area contributed by atoms with Gasteiger partial charge in [0.05, 0.1) is 6.04 Å². The fourth-order valence-electron chi connectivity index (χ4n) is 5.81. The quantitative estimate of drug-likeness (QED) is 0.732. The number of hydrogen-bond acceptors (Lipinski definition) is 5. The van der Waals surface area contributed by atoms with Gasteiger partial charge >= 0.3 is 0 Å². The standard InChI is InChI=1S/C25H30N4O3/c1-16(30)18-9-10-23(26-12-18)28-14-19-11-20(15-28)22(29-21(19)7-4-8-24(29)31)13-27-25(32)17-5-2-3-6-17/h4,7-10,12,17,19-20,22H,2-3,5-6,11,13-15H2,1H3,(H,27,32)/t19-,20+,22+/m1/s1. The highest BCUT2D eigenvalue weighted by Crippen LogP contribution is 2.41. The Balaban J connectivity index is 1.41. The number of aromatic nitrogens is 2. The second-order valence-electron chi connectivity index (χ2n) is 9.51. The maximum atomic E-state index is 12.9. The molecule has 2 fully saturated rings. The fourth-order valence-corrected chi connectivity index (χ4v) is 5.81. The van der Waals surface area contributed by atoms with Crippen LogP contribution >= 0.6 is 0 Å². The molecule has 1 amide bonds. The van der Waals surface area contributed by atoms with Crippen LogP contribution in [0.5, 0.6) is 0 Å². The van der Waals surface area contributed by atoms with Gasteiger partial charge in [-0.3, -0.25) is 14.4 Å². The summed E-state index contributed by atoms with van der Waals surface area (Å²) in [6, 6.07) is 9.17. The van der Waals surface area contributed by atoms with Gasteiger partial charge in [-0.2, -0.15) is 0 Å². The molecule has 7 heteroatoms. The van der Waals surface area contributed by atoms with Crippen molar-refractivity contribution in [2.75, 3.05) is 24.5 Å². The molecule has 1 saturated heterocycles. The van der Waals surface area contributed by atoms with Crippen molar-refractivity contribution in [2.45, 2.75) is 51.0 Å². The maximum absolute atomic E-state index is 12.9. The van der Waals surface area contributed by atoms with Crippen LogP contribution in [0, 0.1) is 11.8 Å². The van der Waals surface area contributed by atoms with Crippen molar-refractivity contribution in [3.8, 4) is 0 Å². The van der Waals surface area contributed by atoms with Crippen LogP contribution in [0.25, 0.3) is 0 Å². The predicted molar refractivity (Wildman–Crippen MR) is 122 cm³/mol. The van der Waals surface area contributed by atoms with Crippen molar-refractivity contribution < 1.29 is 9.59 Å². The third-order valence-electron chi connectivity index (χ3n) is 7.49. The van der Waals surface area contributed by atoms with E-state index in [4.69, 9.17) is 0 Å². The van der Waals surface area contributed by atoms with E-state index in [0.717, 1.165) is 56.7 Å². The van der Waals surface area contributed by atoms with Gasteiger partial charge in [-0.1, -0.05) is 18.9 Å². The van der Waals surface area contributed by atoms with Crippen molar-refractivity contribution in [3.05, 3.63) is 58.1 Å². The van der Waals surface area contributed by atoms with E-state index in [0.29, 0.717) is 12.1 Å². The predicted octanol–water partition coefficient (Wildman–Crippen LogP) is 2.92. The highest BCUT2D eigenvalue weighted by atomic mass is 16.2. The van der Waals surface area contributed by atoms with Crippen molar-refractivity contribution in [1.82, 2.24) is 14.9 Å². The largest absolute Gasteiger partial charge is 0.356 e. The molecule has 3 atom stereocenters. The Kier molecular flexibility index (Phi) is 5.57. The summed E-state index contributed by atoms with van der Waals surface area (Å²) >= 11 is 0. The van der Waals surface area contributed by atoms with Crippen LogP contribution in [0.2, 0.25) is 0 Å². The van der Waals surface area contributed by atoms with Crippen LogP contribution in [0.1, 0.15) is 67.0 Å². The highest BCUT2D eigenvalue weighted by molar-refractivity contribution is 5.93. The molecular weight excluding hydrogens is 404 g/mol. The lowest BCUT2D eigenvalue weighted by Crippen LogP contribution is -2.52. The molecule has 7 nitrogen and oxygen atoms in total. The van der Waals surface area contributed by atoms with E-state index >= 15 is 0 Å². The minimum atomic E-state index is -0.0698. The molecule has 5 rings (SSSR count). The number of piperidine rings is 1. The van der Waals surface area contributed by atoms with Gasteiger partial charge in [-0.05, 0) is 50.3 Å². The van der Waals surface area contributed by atoms with E-state index in [1.54, 1.807) is 19.2 Å². The van der Waals surface area contributed by atoms with Crippen LogP contribution in [0.4, 0.5) is 5.82 Å². The lowest BCUT2D eigenvalue weighted by atomic mass is 9.78. The molecule has 1 saturated carbocycles. The minimum Gasteiger partial charge on any atom is -0.356 e. The number of Topliss-reactive ketones (excluding diaryl/α,β-unsaturated/α-hetero) is 1. The molecule has 2 aromatic rings. The van der Waals surface area contributed by atoms with E-state index < -0.39 is 0 Å². The van der Waals surface area contributed by atoms with E-state index in [1.165, 1.54) is 0 Å². The zero-order valence-corrected chi connectivity index (χ0v) is 18.5. The topological polar surface area (TPSA) is 84.3 Å². The Bertz CT molecular complexity index is 1070. The molecule has 168 valence electrons. The average molecular weight is 435 g/mol. The summed E-state index contributed by atoms with van der Waals surface area (Å²) in [6.07, 6.45) is 6.81. The number of hydrogen-bond donors (Lipinski definition) is 1. The summed E-state index contributed by atoms with van der Waals surface area (Å²) in [4.78, 5) is 43.9. The molecular formula is C25H30N4O3. The Morgan fingerprint density at radius 2 is 1.94 bits per heavy atom. The molecule has 0 spiro atoms. The first-order valence-corrected chi connectivity index (χ1v) is 11.7. The number of amides is 1. The van der Waals surface area contributed by atoms with Gasteiger partial charge in [0, 0.05) is 55.0 Å². The van der Waals surface area contributed by atoms with Gasteiger partial charge in [0.1, 0.15) is 5.82 Å². The van der Waals surface area contributed by atoms with Crippen LogP contribution in [-0.4, -0.2) is 40.9 Å². The van der Waals surface area contributed by atoms with Gasteiger partial charge in [-0.25, -0.2) is 4.98 Å². The minimum absolute atomic E-state index is 0.00549. The summed E-state index contributed by atoms with van der Waals surface area (Å²) < 4.78 is 1.93. The summed E-state index contributed by atoms with van der Waals surface area (Å²) in [5.74, 6) is 1.57. The number of carbonyl (C=O) groups excluding carboxylic acids is 2. The zero-order chi connectivity index (χ0) is 22.2. The number of ketones is 1. The van der Waals surface area contributed by atoms with Crippen LogP contribution in [0.15, 0.2) is 41.3 Å².